The van der Waals surface area contributed by atoms with Gasteiger partial charge in [0.15, 0.2) is 6.10 Å². The standard InChI is InChI=1S/C15H22N2O5S2/c1-3-16-14(18)11(2)22-15(19)12-6-8-17(9-7-12)24(20,21)13-5-4-10-23-13/h4-5,10-12H,3,6-9H2,1-2H3,(H,16,18)/t11-/m1/s1. The zero-order chi connectivity index (χ0) is 17.7. The van der Waals surface area contributed by atoms with Crippen molar-refractivity contribution in [3.63, 3.8) is 0 Å². The number of likely N-dealkylation sites (N-methyl/N-ethyl adjacent to an activating group) is 1. The summed E-state index contributed by atoms with van der Waals surface area (Å²) >= 11 is 1.18. The molecule has 7 nitrogen and oxygen atoms in total. The second kappa shape index (κ2) is 8.09. The number of carbonyl (C=O) groups excluding carboxylic acids is 2. The van der Waals surface area contributed by atoms with E-state index in [1.54, 1.807) is 24.4 Å². The predicted octanol–water partition coefficient (Wildman–Crippen LogP) is 1.22. The summed E-state index contributed by atoms with van der Waals surface area (Å²) in [5.74, 6) is -1.15. The maximum absolute atomic E-state index is 12.4. The molecule has 2 heterocycles. The largest absolute Gasteiger partial charge is 0.452 e. The SMILES string of the molecule is CCNC(=O)[C@@H](C)OC(=O)C1CCN(S(=O)(=O)c2cccs2)CC1. The number of hydrogen-bond donors (Lipinski definition) is 1. The Morgan fingerprint density at radius 2 is 2.08 bits per heavy atom. The van der Waals surface area contributed by atoms with E-state index in [4.69, 9.17) is 4.74 Å². The van der Waals surface area contributed by atoms with Crippen LogP contribution in [0.15, 0.2) is 21.7 Å². The lowest BCUT2D eigenvalue weighted by Gasteiger charge is -2.30. The number of rotatable bonds is 6. The fraction of sp³-hybridized carbons (Fsp3) is 0.600. The lowest BCUT2D eigenvalue weighted by atomic mass is 9.98. The number of sulfonamides is 1. The van der Waals surface area contributed by atoms with E-state index in [9.17, 15) is 18.0 Å². The molecule has 0 saturated carbocycles. The zero-order valence-corrected chi connectivity index (χ0v) is 15.4. The number of esters is 1. The first-order valence-corrected chi connectivity index (χ1v) is 10.2. The van der Waals surface area contributed by atoms with Crippen LogP contribution in [-0.4, -0.2) is 50.3 Å². The molecule has 2 rings (SSSR count). The number of nitrogens with one attached hydrogen (secondary N) is 1. The van der Waals surface area contributed by atoms with Gasteiger partial charge in [0.1, 0.15) is 4.21 Å². The van der Waals surface area contributed by atoms with Gasteiger partial charge in [0.05, 0.1) is 5.92 Å². The number of nitrogens with zero attached hydrogens (tertiary/aromatic N) is 1. The highest BCUT2D eigenvalue weighted by molar-refractivity contribution is 7.91. The van der Waals surface area contributed by atoms with E-state index in [1.807, 2.05) is 0 Å². The molecule has 1 N–H and O–H groups in total. The molecule has 24 heavy (non-hydrogen) atoms. The molecule has 134 valence electrons. The number of hydrogen-bond acceptors (Lipinski definition) is 6. The summed E-state index contributed by atoms with van der Waals surface area (Å²) < 4.78 is 31.8. The molecule has 1 aromatic rings. The fourth-order valence-electron chi connectivity index (χ4n) is 2.51. The quantitative estimate of drug-likeness (QED) is 0.756. The summed E-state index contributed by atoms with van der Waals surface area (Å²) in [6.07, 6.45) is -0.0535. The molecule has 1 saturated heterocycles. The predicted molar refractivity (Wildman–Crippen MR) is 90.0 cm³/mol. The van der Waals surface area contributed by atoms with Crippen molar-refractivity contribution < 1.29 is 22.7 Å². The van der Waals surface area contributed by atoms with Gasteiger partial charge in [-0.2, -0.15) is 4.31 Å². The highest BCUT2D eigenvalue weighted by Gasteiger charge is 2.34. The van der Waals surface area contributed by atoms with Gasteiger partial charge in [-0.3, -0.25) is 9.59 Å². The number of piperidine rings is 1. The minimum Gasteiger partial charge on any atom is -0.452 e. The zero-order valence-electron chi connectivity index (χ0n) is 13.7. The van der Waals surface area contributed by atoms with Gasteiger partial charge < -0.3 is 10.1 Å². The topological polar surface area (TPSA) is 92.8 Å². The Kier molecular flexibility index (Phi) is 6.36. The minimum atomic E-state index is -3.48. The number of ether oxygens (including phenoxy) is 1. The second-order valence-corrected chi connectivity index (χ2v) is 8.70. The first-order chi connectivity index (χ1) is 11.4. The molecule has 1 aromatic heterocycles. The molecule has 1 atom stereocenters. The minimum absolute atomic E-state index is 0.273. The molecule has 1 amide bonds. The summed E-state index contributed by atoms with van der Waals surface area (Å²) in [6, 6.07) is 3.28. The van der Waals surface area contributed by atoms with E-state index >= 15 is 0 Å². The molecular formula is C15H22N2O5S2. The maximum atomic E-state index is 12.4. The van der Waals surface area contributed by atoms with Crippen molar-refractivity contribution in [3.8, 4) is 0 Å². The Labute approximate surface area is 146 Å². The molecule has 0 bridgehead atoms. The summed E-state index contributed by atoms with van der Waals surface area (Å²) in [6.45, 7) is 4.33. The summed E-state index contributed by atoms with van der Waals surface area (Å²) in [5, 5.41) is 4.32. The second-order valence-electron chi connectivity index (χ2n) is 5.58. The molecule has 0 unspecified atom stereocenters. The van der Waals surface area contributed by atoms with Gasteiger partial charge >= 0.3 is 5.97 Å². The van der Waals surface area contributed by atoms with E-state index in [0.717, 1.165) is 0 Å². The Hall–Kier alpha value is -1.45. The molecule has 0 aliphatic carbocycles. The van der Waals surface area contributed by atoms with Crippen LogP contribution in [0.25, 0.3) is 0 Å². The van der Waals surface area contributed by atoms with E-state index in [-0.39, 0.29) is 24.9 Å². The third kappa shape index (κ3) is 4.34. The third-order valence-electron chi connectivity index (χ3n) is 3.89. The first kappa shape index (κ1) is 18.9. The van der Waals surface area contributed by atoms with E-state index < -0.39 is 22.1 Å². The van der Waals surface area contributed by atoms with Crippen molar-refractivity contribution in [2.24, 2.45) is 5.92 Å². The molecule has 0 spiro atoms. The van der Waals surface area contributed by atoms with Crippen LogP contribution in [-0.2, 0) is 24.3 Å². The van der Waals surface area contributed by atoms with Crippen LogP contribution in [0.5, 0.6) is 0 Å². The van der Waals surface area contributed by atoms with Crippen molar-refractivity contribution in [1.82, 2.24) is 9.62 Å². The lowest BCUT2D eigenvalue weighted by molar-refractivity contribution is -0.159. The van der Waals surface area contributed by atoms with Crippen LogP contribution in [0.2, 0.25) is 0 Å². The van der Waals surface area contributed by atoms with Crippen LogP contribution in [0.4, 0.5) is 0 Å². The van der Waals surface area contributed by atoms with Crippen molar-refractivity contribution in [1.29, 1.82) is 0 Å². The van der Waals surface area contributed by atoms with Crippen LogP contribution in [0.1, 0.15) is 26.7 Å². The molecule has 0 aromatic carbocycles. The average molecular weight is 374 g/mol. The summed E-state index contributed by atoms with van der Waals surface area (Å²) in [7, 11) is -3.48. The van der Waals surface area contributed by atoms with Gasteiger partial charge in [0, 0.05) is 19.6 Å². The Morgan fingerprint density at radius 3 is 2.62 bits per heavy atom. The summed E-state index contributed by atoms with van der Waals surface area (Å²) in [4.78, 5) is 23.7. The highest BCUT2D eigenvalue weighted by atomic mass is 32.2. The van der Waals surface area contributed by atoms with Crippen LogP contribution < -0.4 is 5.32 Å². The molecule has 9 heteroatoms. The van der Waals surface area contributed by atoms with Crippen LogP contribution in [0.3, 0.4) is 0 Å². The summed E-state index contributed by atoms with van der Waals surface area (Å²) in [5.41, 5.74) is 0. The van der Waals surface area contributed by atoms with Gasteiger partial charge in [-0.1, -0.05) is 6.07 Å². The molecule has 0 radical (unpaired) electrons. The Balaban J connectivity index is 1.88. The normalized spacial score (nSPS) is 18.1. The smallest absolute Gasteiger partial charge is 0.309 e. The average Bonchev–Trinajstić information content (AvgIpc) is 3.10. The van der Waals surface area contributed by atoms with Crippen LogP contribution >= 0.6 is 11.3 Å². The van der Waals surface area contributed by atoms with Crippen molar-refractivity contribution >= 4 is 33.2 Å². The van der Waals surface area contributed by atoms with E-state index in [2.05, 4.69) is 5.32 Å². The Morgan fingerprint density at radius 1 is 1.42 bits per heavy atom. The Bertz CT molecular complexity index is 664. The maximum Gasteiger partial charge on any atom is 0.309 e. The van der Waals surface area contributed by atoms with Gasteiger partial charge in [0.2, 0.25) is 0 Å². The molecule has 1 fully saturated rings. The lowest BCUT2D eigenvalue weighted by Crippen LogP contribution is -2.42. The van der Waals surface area contributed by atoms with E-state index in [0.29, 0.717) is 23.6 Å². The van der Waals surface area contributed by atoms with Crippen LogP contribution in [0, 0.1) is 5.92 Å². The third-order valence-corrected chi connectivity index (χ3v) is 7.16. The van der Waals surface area contributed by atoms with Gasteiger partial charge in [0.25, 0.3) is 15.9 Å². The highest BCUT2D eigenvalue weighted by Crippen LogP contribution is 2.27. The molecular weight excluding hydrogens is 352 g/mol. The van der Waals surface area contributed by atoms with Crippen molar-refractivity contribution in [2.75, 3.05) is 19.6 Å². The fourth-order valence-corrected chi connectivity index (χ4v) is 5.13. The van der Waals surface area contributed by atoms with E-state index in [1.165, 1.54) is 22.6 Å². The van der Waals surface area contributed by atoms with Crippen molar-refractivity contribution in [2.45, 2.75) is 37.0 Å². The number of carbonyl (C=O) groups is 2. The monoisotopic (exact) mass is 374 g/mol. The molecule has 1 aliphatic rings. The van der Waals surface area contributed by atoms with Gasteiger partial charge in [-0.15, -0.1) is 11.3 Å². The van der Waals surface area contributed by atoms with Gasteiger partial charge in [-0.25, -0.2) is 8.42 Å². The van der Waals surface area contributed by atoms with Gasteiger partial charge in [-0.05, 0) is 38.1 Å². The number of thiophene rings is 1. The molecule has 1 aliphatic heterocycles. The first-order valence-electron chi connectivity index (χ1n) is 7.88. The number of amides is 1. The van der Waals surface area contributed by atoms with Crippen molar-refractivity contribution in [3.05, 3.63) is 17.5 Å².